The highest BCUT2D eigenvalue weighted by Gasteiger charge is 2.30. The monoisotopic (exact) mass is 241 g/mol. The van der Waals surface area contributed by atoms with E-state index in [1.54, 1.807) is 0 Å². The van der Waals surface area contributed by atoms with Gasteiger partial charge < -0.3 is 10.2 Å². The van der Waals surface area contributed by atoms with Crippen LogP contribution in [0.1, 0.15) is 40.0 Å². The summed E-state index contributed by atoms with van der Waals surface area (Å²) in [6.07, 6.45) is 3.86. The smallest absolute Gasteiger partial charge is 0.0169 e. The molecule has 102 valence electrons. The van der Waals surface area contributed by atoms with Gasteiger partial charge in [-0.05, 0) is 40.8 Å². The summed E-state index contributed by atoms with van der Waals surface area (Å²) in [5.41, 5.74) is 0.326. The maximum Gasteiger partial charge on any atom is 0.0169 e. The van der Waals surface area contributed by atoms with Gasteiger partial charge in [0.2, 0.25) is 0 Å². The third-order valence-corrected chi connectivity index (χ3v) is 4.06. The second-order valence-corrected chi connectivity index (χ2v) is 6.16. The van der Waals surface area contributed by atoms with Crippen LogP contribution in [0.15, 0.2) is 0 Å². The van der Waals surface area contributed by atoms with Crippen molar-refractivity contribution in [3.63, 3.8) is 0 Å². The molecular formula is C14H31N3. The van der Waals surface area contributed by atoms with Gasteiger partial charge in [-0.2, -0.15) is 0 Å². The van der Waals surface area contributed by atoms with E-state index in [0.717, 1.165) is 13.1 Å². The van der Waals surface area contributed by atoms with Crippen LogP contribution in [0.4, 0.5) is 0 Å². The Balaban J connectivity index is 2.55. The maximum atomic E-state index is 3.44. The van der Waals surface area contributed by atoms with Crippen molar-refractivity contribution in [2.24, 2.45) is 0 Å². The van der Waals surface area contributed by atoms with Crippen molar-refractivity contribution < 1.29 is 0 Å². The second kappa shape index (κ2) is 6.72. The summed E-state index contributed by atoms with van der Waals surface area (Å²) in [6.45, 7) is 11.8. The highest BCUT2D eigenvalue weighted by atomic mass is 15.2. The molecule has 1 fully saturated rings. The lowest BCUT2D eigenvalue weighted by Crippen LogP contribution is -2.55. The number of nitrogens with zero attached hydrogens (tertiary/aromatic N) is 2. The number of hydrogen-bond donors (Lipinski definition) is 1. The topological polar surface area (TPSA) is 18.5 Å². The Hall–Kier alpha value is -0.120. The molecule has 0 aromatic heterocycles. The summed E-state index contributed by atoms with van der Waals surface area (Å²) in [4.78, 5) is 5.04. The van der Waals surface area contributed by atoms with Crippen LogP contribution in [0.2, 0.25) is 0 Å². The molecule has 1 unspecified atom stereocenters. The van der Waals surface area contributed by atoms with E-state index in [0.29, 0.717) is 11.6 Å². The molecule has 1 saturated heterocycles. The fourth-order valence-electron chi connectivity index (χ4n) is 2.85. The van der Waals surface area contributed by atoms with Gasteiger partial charge in [0, 0.05) is 37.8 Å². The Morgan fingerprint density at radius 1 is 1.24 bits per heavy atom. The quantitative estimate of drug-likeness (QED) is 0.765. The largest absolute Gasteiger partial charge is 0.314 e. The van der Waals surface area contributed by atoms with E-state index in [1.165, 1.54) is 32.4 Å². The van der Waals surface area contributed by atoms with E-state index in [1.807, 2.05) is 0 Å². The summed E-state index contributed by atoms with van der Waals surface area (Å²) in [7, 11) is 4.43. The first-order chi connectivity index (χ1) is 7.97. The third kappa shape index (κ3) is 4.57. The Kier molecular flexibility index (Phi) is 5.90. The average molecular weight is 241 g/mol. The summed E-state index contributed by atoms with van der Waals surface area (Å²) < 4.78 is 0. The van der Waals surface area contributed by atoms with Crippen LogP contribution in [-0.2, 0) is 0 Å². The molecule has 0 aliphatic carbocycles. The molecule has 0 aromatic rings. The summed E-state index contributed by atoms with van der Waals surface area (Å²) in [5.74, 6) is 0. The normalized spacial score (nSPS) is 20.8. The van der Waals surface area contributed by atoms with Gasteiger partial charge >= 0.3 is 0 Å². The van der Waals surface area contributed by atoms with Crippen molar-refractivity contribution in [3.05, 3.63) is 0 Å². The zero-order valence-electron chi connectivity index (χ0n) is 12.4. The van der Waals surface area contributed by atoms with Crippen LogP contribution in [0, 0.1) is 0 Å². The van der Waals surface area contributed by atoms with Gasteiger partial charge in [-0.25, -0.2) is 0 Å². The minimum absolute atomic E-state index is 0.326. The molecule has 0 aromatic carbocycles. The lowest BCUT2D eigenvalue weighted by atomic mass is 9.90. The zero-order chi connectivity index (χ0) is 12.9. The van der Waals surface area contributed by atoms with Gasteiger partial charge in [0.25, 0.3) is 0 Å². The predicted octanol–water partition coefficient (Wildman–Crippen LogP) is 1.79. The molecule has 1 rings (SSSR count). The molecule has 17 heavy (non-hydrogen) atoms. The van der Waals surface area contributed by atoms with E-state index in [2.05, 4.69) is 50.0 Å². The Morgan fingerprint density at radius 2 is 1.82 bits per heavy atom. The lowest BCUT2D eigenvalue weighted by Gasteiger charge is -2.44. The SMILES string of the molecule is CCCC(CC(C)(C)N1CCNCC1)N(C)C. The molecule has 1 aliphatic rings. The summed E-state index contributed by atoms with van der Waals surface area (Å²) >= 11 is 0. The molecule has 1 N–H and O–H groups in total. The first kappa shape index (κ1) is 14.9. The van der Waals surface area contributed by atoms with Crippen LogP contribution < -0.4 is 5.32 Å². The van der Waals surface area contributed by atoms with Gasteiger partial charge in [0.1, 0.15) is 0 Å². The standard InChI is InChI=1S/C14H31N3/c1-6-7-13(16(4)5)12-14(2,3)17-10-8-15-9-11-17/h13,15H,6-12H2,1-5H3. The first-order valence-electron chi connectivity index (χ1n) is 7.09. The molecule has 0 spiro atoms. The van der Waals surface area contributed by atoms with Crippen molar-refractivity contribution in [2.75, 3.05) is 40.3 Å². The van der Waals surface area contributed by atoms with E-state index < -0.39 is 0 Å². The van der Waals surface area contributed by atoms with Crippen LogP contribution in [0.25, 0.3) is 0 Å². The van der Waals surface area contributed by atoms with E-state index in [-0.39, 0.29) is 0 Å². The predicted molar refractivity (Wildman–Crippen MR) is 75.5 cm³/mol. The average Bonchev–Trinajstić information content (AvgIpc) is 2.29. The Bertz CT molecular complexity index is 208. The van der Waals surface area contributed by atoms with Gasteiger partial charge in [-0.3, -0.25) is 4.90 Å². The van der Waals surface area contributed by atoms with E-state index in [4.69, 9.17) is 0 Å². The summed E-state index contributed by atoms with van der Waals surface area (Å²) in [6, 6.07) is 0.713. The molecule has 0 bridgehead atoms. The number of nitrogens with one attached hydrogen (secondary N) is 1. The van der Waals surface area contributed by atoms with Crippen molar-refractivity contribution in [3.8, 4) is 0 Å². The minimum atomic E-state index is 0.326. The van der Waals surface area contributed by atoms with Gasteiger partial charge in [-0.15, -0.1) is 0 Å². The molecule has 0 radical (unpaired) electrons. The van der Waals surface area contributed by atoms with Crippen molar-refractivity contribution in [2.45, 2.75) is 51.6 Å². The van der Waals surface area contributed by atoms with E-state index >= 15 is 0 Å². The summed E-state index contributed by atoms with van der Waals surface area (Å²) in [5, 5.41) is 3.44. The molecule has 1 aliphatic heterocycles. The molecule has 1 atom stereocenters. The maximum absolute atomic E-state index is 3.44. The van der Waals surface area contributed by atoms with E-state index in [9.17, 15) is 0 Å². The van der Waals surface area contributed by atoms with Crippen molar-refractivity contribution in [1.29, 1.82) is 0 Å². The molecule has 1 heterocycles. The third-order valence-electron chi connectivity index (χ3n) is 4.06. The Labute approximate surface area is 108 Å². The molecule has 0 amide bonds. The van der Waals surface area contributed by atoms with Crippen LogP contribution in [0.3, 0.4) is 0 Å². The highest BCUT2D eigenvalue weighted by Crippen LogP contribution is 2.24. The lowest BCUT2D eigenvalue weighted by molar-refractivity contribution is 0.0682. The number of piperazine rings is 1. The highest BCUT2D eigenvalue weighted by molar-refractivity contribution is 4.88. The zero-order valence-corrected chi connectivity index (χ0v) is 12.4. The fourth-order valence-corrected chi connectivity index (χ4v) is 2.85. The molecule has 0 saturated carbocycles. The molecule has 3 heteroatoms. The van der Waals surface area contributed by atoms with Crippen molar-refractivity contribution >= 4 is 0 Å². The minimum Gasteiger partial charge on any atom is -0.314 e. The van der Waals surface area contributed by atoms with Crippen molar-refractivity contribution in [1.82, 2.24) is 15.1 Å². The molecule has 3 nitrogen and oxygen atoms in total. The second-order valence-electron chi connectivity index (χ2n) is 6.16. The fraction of sp³-hybridized carbons (Fsp3) is 1.00. The first-order valence-corrected chi connectivity index (χ1v) is 7.09. The van der Waals surface area contributed by atoms with Gasteiger partial charge in [-0.1, -0.05) is 13.3 Å². The number of rotatable bonds is 6. The number of hydrogen-bond acceptors (Lipinski definition) is 3. The Morgan fingerprint density at radius 3 is 2.29 bits per heavy atom. The van der Waals surface area contributed by atoms with Gasteiger partial charge in [0.05, 0.1) is 0 Å². The van der Waals surface area contributed by atoms with Crippen LogP contribution in [0.5, 0.6) is 0 Å². The van der Waals surface area contributed by atoms with Crippen LogP contribution in [-0.4, -0.2) is 61.7 Å². The van der Waals surface area contributed by atoms with Crippen LogP contribution >= 0.6 is 0 Å². The molecular weight excluding hydrogens is 210 g/mol. The van der Waals surface area contributed by atoms with Gasteiger partial charge in [0.15, 0.2) is 0 Å².